The maximum Gasteiger partial charge on any atom is 0.251 e. The largest absolute Gasteiger partial charge is 0.379 e. The Kier molecular flexibility index (Phi) is 5.05. The lowest BCUT2D eigenvalue weighted by atomic mass is 9.82. The zero-order valence-electron chi connectivity index (χ0n) is 16.4. The Balaban J connectivity index is 1.35. The molecule has 3 aliphatic rings. The van der Waals surface area contributed by atoms with E-state index in [1.54, 1.807) is 0 Å². The Hall–Kier alpha value is -1.95. The van der Waals surface area contributed by atoms with Crippen LogP contribution in [0.4, 0.5) is 0 Å². The molecule has 2 saturated heterocycles. The molecule has 3 aliphatic heterocycles. The lowest BCUT2D eigenvalue weighted by Crippen LogP contribution is -2.49. The quantitative estimate of drug-likeness (QED) is 0.817. The van der Waals surface area contributed by atoms with Crippen LogP contribution >= 0.6 is 0 Å². The van der Waals surface area contributed by atoms with Crippen molar-refractivity contribution in [2.24, 2.45) is 5.92 Å². The van der Waals surface area contributed by atoms with E-state index in [0.29, 0.717) is 11.8 Å². The molecule has 2 bridgehead atoms. The first-order valence-corrected chi connectivity index (χ1v) is 10.6. The number of ether oxygens (including phenoxy) is 1. The fraction of sp³-hybridized carbons (Fsp3) is 0.522. The van der Waals surface area contributed by atoms with E-state index in [2.05, 4.69) is 28.0 Å². The van der Waals surface area contributed by atoms with Crippen LogP contribution in [0.1, 0.15) is 18.0 Å². The predicted molar refractivity (Wildman–Crippen MR) is 111 cm³/mol. The second kappa shape index (κ2) is 7.82. The van der Waals surface area contributed by atoms with Crippen molar-refractivity contribution >= 4 is 0 Å². The molecule has 0 radical (unpaired) electrons. The van der Waals surface area contributed by atoms with Crippen LogP contribution in [-0.2, 0) is 11.3 Å². The van der Waals surface area contributed by atoms with Gasteiger partial charge in [0.25, 0.3) is 5.56 Å². The van der Waals surface area contributed by atoms with Crippen molar-refractivity contribution in [2.45, 2.75) is 18.9 Å². The molecule has 0 aliphatic carbocycles. The summed E-state index contributed by atoms with van der Waals surface area (Å²) in [7, 11) is 0. The smallest absolute Gasteiger partial charge is 0.251 e. The summed E-state index contributed by atoms with van der Waals surface area (Å²) >= 11 is 0. The standard InChI is InChI=1S/C23H29N3O2/c27-23-14-20(19-4-2-1-3-5-19)13-22-21-12-18(16-26(22)23)15-25(17-21)7-6-24-8-10-28-11-9-24/h1-5,13-14,18,21H,6-12,15-17H2/t18-,21+/m0/s1. The Morgan fingerprint density at radius 2 is 1.68 bits per heavy atom. The molecule has 5 nitrogen and oxygen atoms in total. The average molecular weight is 380 g/mol. The lowest BCUT2D eigenvalue weighted by molar-refractivity contribution is 0.0282. The molecule has 0 N–H and O–H groups in total. The van der Waals surface area contributed by atoms with E-state index in [1.165, 1.54) is 12.1 Å². The van der Waals surface area contributed by atoms with Crippen molar-refractivity contribution in [3.63, 3.8) is 0 Å². The fourth-order valence-corrected chi connectivity index (χ4v) is 5.15. The molecule has 0 saturated carbocycles. The lowest BCUT2D eigenvalue weighted by Gasteiger charge is -2.43. The second-order valence-corrected chi connectivity index (χ2v) is 8.50. The Bertz CT molecular complexity index is 873. The van der Waals surface area contributed by atoms with Crippen LogP contribution in [0.3, 0.4) is 0 Å². The highest BCUT2D eigenvalue weighted by Crippen LogP contribution is 2.36. The Morgan fingerprint density at radius 1 is 0.893 bits per heavy atom. The van der Waals surface area contributed by atoms with Crippen molar-refractivity contribution in [3.05, 3.63) is 58.5 Å². The summed E-state index contributed by atoms with van der Waals surface area (Å²) in [4.78, 5) is 18.0. The van der Waals surface area contributed by atoms with E-state index in [1.807, 2.05) is 28.8 Å². The molecule has 4 heterocycles. The molecule has 0 amide bonds. The molecule has 0 spiro atoms. The molecule has 0 unspecified atom stereocenters. The van der Waals surface area contributed by atoms with E-state index in [4.69, 9.17) is 4.74 Å². The van der Waals surface area contributed by atoms with Gasteiger partial charge in [-0.2, -0.15) is 0 Å². The van der Waals surface area contributed by atoms with Gasteiger partial charge in [-0.25, -0.2) is 0 Å². The molecule has 28 heavy (non-hydrogen) atoms. The number of rotatable bonds is 4. The topological polar surface area (TPSA) is 37.7 Å². The van der Waals surface area contributed by atoms with Gasteiger partial charge >= 0.3 is 0 Å². The minimum atomic E-state index is 0.160. The Labute approximate surface area is 166 Å². The Morgan fingerprint density at radius 3 is 2.50 bits per heavy atom. The van der Waals surface area contributed by atoms with Gasteiger partial charge in [-0.05, 0) is 29.5 Å². The van der Waals surface area contributed by atoms with Gasteiger partial charge in [0, 0.05) is 63.5 Å². The van der Waals surface area contributed by atoms with Crippen molar-refractivity contribution < 1.29 is 4.74 Å². The molecule has 2 fully saturated rings. The van der Waals surface area contributed by atoms with Crippen LogP contribution in [0.2, 0.25) is 0 Å². The third-order valence-electron chi connectivity index (χ3n) is 6.58. The molecule has 2 atom stereocenters. The zero-order chi connectivity index (χ0) is 18.9. The first kappa shape index (κ1) is 18.1. The number of likely N-dealkylation sites (tertiary alicyclic amines) is 1. The highest BCUT2D eigenvalue weighted by atomic mass is 16.5. The van der Waals surface area contributed by atoms with E-state index in [0.717, 1.165) is 70.2 Å². The predicted octanol–water partition coefficient (Wildman–Crippen LogP) is 2.27. The van der Waals surface area contributed by atoms with Gasteiger partial charge in [0.1, 0.15) is 0 Å². The number of hydrogen-bond acceptors (Lipinski definition) is 4. The number of nitrogens with zero attached hydrogens (tertiary/aromatic N) is 3. The van der Waals surface area contributed by atoms with Gasteiger partial charge < -0.3 is 14.2 Å². The van der Waals surface area contributed by atoms with Crippen LogP contribution in [0.5, 0.6) is 0 Å². The van der Waals surface area contributed by atoms with E-state index in [-0.39, 0.29) is 5.56 Å². The van der Waals surface area contributed by atoms with Gasteiger partial charge in [0.2, 0.25) is 0 Å². The van der Waals surface area contributed by atoms with Gasteiger partial charge in [0.05, 0.1) is 13.2 Å². The van der Waals surface area contributed by atoms with E-state index >= 15 is 0 Å². The number of hydrogen-bond donors (Lipinski definition) is 0. The van der Waals surface area contributed by atoms with Crippen LogP contribution < -0.4 is 5.56 Å². The monoisotopic (exact) mass is 379 g/mol. The number of piperidine rings is 1. The molecule has 1 aromatic carbocycles. The summed E-state index contributed by atoms with van der Waals surface area (Å²) in [6.45, 7) is 9.14. The summed E-state index contributed by atoms with van der Waals surface area (Å²) < 4.78 is 7.51. The highest BCUT2D eigenvalue weighted by Gasteiger charge is 2.34. The van der Waals surface area contributed by atoms with E-state index < -0.39 is 0 Å². The number of morpholine rings is 1. The summed E-state index contributed by atoms with van der Waals surface area (Å²) in [5.41, 5.74) is 3.58. The maximum absolute atomic E-state index is 12.8. The summed E-state index contributed by atoms with van der Waals surface area (Å²) in [5, 5.41) is 0. The van der Waals surface area contributed by atoms with Gasteiger partial charge in [-0.15, -0.1) is 0 Å². The van der Waals surface area contributed by atoms with Gasteiger partial charge in [-0.1, -0.05) is 30.3 Å². The molecule has 5 heteroatoms. The number of benzene rings is 1. The second-order valence-electron chi connectivity index (χ2n) is 8.50. The van der Waals surface area contributed by atoms with Gasteiger partial charge in [0.15, 0.2) is 0 Å². The molecular formula is C23H29N3O2. The minimum absolute atomic E-state index is 0.160. The van der Waals surface area contributed by atoms with E-state index in [9.17, 15) is 4.79 Å². The van der Waals surface area contributed by atoms with Crippen LogP contribution in [0, 0.1) is 5.92 Å². The van der Waals surface area contributed by atoms with Crippen molar-refractivity contribution in [1.82, 2.24) is 14.4 Å². The van der Waals surface area contributed by atoms with Gasteiger partial charge in [-0.3, -0.25) is 9.69 Å². The SMILES string of the molecule is O=c1cc(-c2ccccc2)cc2n1C[C@H]1C[C@@H]2CN(CCN2CCOCC2)C1. The van der Waals surface area contributed by atoms with Crippen molar-refractivity contribution in [2.75, 3.05) is 52.5 Å². The van der Waals surface area contributed by atoms with Crippen molar-refractivity contribution in [3.8, 4) is 11.1 Å². The zero-order valence-corrected chi connectivity index (χ0v) is 16.4. The molecular weight excluding hydrogens is 350 g/mol. The molecule has 2 aromatic rings. The van der Waals surface area contributed by atoms with Crippen LogP contribution in [0.25, 0.3) is 11.1 Å². The van der Waals surface area contributed by atoms with Crippen LogP contribution in [-0.4, -0.2) is 66.8 Å². The third-order valence-corrected chi connectivity index (χ3v) is 6.58. The number of aromatic nitrogens is 1. The summed E-state index contributed by atoms with van der Waals surface area (Å²) in [6, 6.07) is 14.4. The average Bonchev–Trinajstić information content (AvgIpc) is 2.74. The molecule has 5 rings (SSSR count). The minimum Gasteiger partial charge on any atom is -0.379 e. The maximum atomic E-state index is 12.8. The molecule has 148 valence electrons. The van der Waals surface area contributed by atoms with Crippen LogP contribution in [0.15, 0.2) is 47.3 Å². The number of fused-ring (bicyclic) bond motifs is 4. The summed E-state index contributed by atoms with van der Waals surface area (Å²) in [5.74, 6) is 1.06. The first-order chi connectivity index (χ1) is 13.8. The third kappa shape index (κ3) is 3.66. The molecule has 1 aromatic heterocycles. The number of pyridine rings is 1. The fourth-order valence-electron chi connectivity index (χ4n) is 5.15. The van der Waals surface area contributed by atoms with Crippen molar-refractivity contribution in [1.29, 1.82) is 0 Å². The first-order valence-electron chi connectivity index (χ1n) is 10.6. The highest BCUT2D eigenvalue weighted by molar-refractivity contribution is 5.63. The normalized spacial score (nSPS) is 25.4. The summed E-state index contributed by atoms with van der Waals surface area (Å²) in [6.07, 6.45) is 1.21.